The van der Waals surface area contributed by atoms with Gasteiger partial charge in [0.2, 0.25) is 0 Å². The molecule has 0 saturated carbocycles. The maximum Gasteiger partial charge on any atom is 0.122 e. The Balaban J connectivity index is 2.23. The fraction of sp³-hybridized carbons (Fsp3) is 0.429. The molecule has 2 heteroatoms. The van der Waals surface area contributed by atoms with E-state index in [0.717, 1.165) is 17.9 Å². The quantitative estimate of drug-likeness (QED) is 0.666. The number of hydrogen-bond acceptors (Lipinski definition) is 2. The van der Waals surface area contributed by atoms with Gasteiger partial charge in [0.15, 0.2) is 0 Å². The van der Waals surface area contributed by atoms with E-state index in [-0.39, 0.29) is 0 Å². The summed E-state index contributed by atoms with van der Waals surface area (Å²) in [4.78, 5) is 0. The van der Waals surface area contributed by atoms with Crippen LogP contribution in [0, 0.1) is 0 Å². The first-order valence-electron chi connectivity index (χ1n) is 8.45. The second kappa shape index (κ2) is 8.05. The van der Waals surface area contributed by atoms with Crippen molar-refractivity contribution in [3.63, 3.8) is 0 Å². The van der Waals surface area contributed by atoms with E-state index < -0.39 is 0 Å². The van der Waals surface area contributed by atoms with Crippen molar-refractivity contribution in [3.8, 4) is 11.5 Å². The molecule has 0 radical (unpaired) electrons. The summed E-state index contributed by atoms with van der Waals surface area (Å²) in [6.07, 6.45) is 0.994. The van der Waals surface area contributed by atoms with Crippen LogP contribution in [0.2, 0.25) is 0 Å². The highest BCUT2D eigenvalue weighted by molar-refractivity contribution is 5.41. The minimum absolute atomic E-state index is 0.408. The van der Waals surface area contributed by atoms with Gasteiger partial charge in [0, 0.05) is 0 Å². The molecule has 0 heterocycles. The van der Waals surface area contributed by atoms with Crippen LogP contribution in [-0.4, -0.2) is 13.7 Å². The first-order chi connectivity index (χ1) is 11.1. The Morgan fingerprint density at radius 2 is 1.65 bits per heavy atom. The van der Waals surface area contributed by atoms with Crippen molar-refractivity contribution in [2.75, 3.05) is 13.7 Å². The Morgan fingerprint density at radius 3 is 2.30 bits per heavy atom. The van der Waals surface area contributed by atoms with Crippen LogP contribution in [0.25, 0.3) is 0 Å². The fourth-order valence-corrected chi connectivity index (χ4v) is 3.00. The molecule has 2 rings (SSSR count). The summed E-state index contributed by atoms with van der Waals surface area (Å²) < 4.78 is 11.3. The topological polar surface area (TPSA) is 18.5 Å². The summed E-state index contributed by atoms with van der Waals surface area (Å²) >= 11 is 0. The zero-order valence-corrected chi connectivity index (χ0v) is 14.9. The van der Waals surface area contributed by atoms with Crippen molar-refractivity contribution in [3.05, 3.63) is 59.2 Å². The smallest absolute Gasteiger partial charge is 0.122 e. The lowest BCUT2D eigenvalue weighted by Gasteiger charge is -2.18. The van der Waals surface area contributed by atoms with E-state index in [1.165, 1.54) is 16.7 Å². The van der Waals surface area contributed by atoms with Gasteiger partial charge in [-0.2, -0.15) is 0 Å². The minimum atomic E-state index is 0.408. The van der Waals surface area contributed by atoms with Crippen LogP contribution < -0.4 is 9.47 Å². The first kappa shape index (κ1) is 17.4. The second-order valence-corrected chi connectivity index (χ2v) is 6.31. The molecule has 0 saturated heterocycles. The third-order valence-corrected chi connectivity index (χ3v) is 4.21. The monoisotopic (exact) mass is 312 g/mol. The van der Waals surface area contributed by atoms with E-state index in [4.69, 9.17) is 9.47 Å². The highest BCUT2D eigenvalue weighted by atomic mass is 16.5. The van der Waals surface area contributed by atoms with Gasteiger partial charge in [-0.3, -0.25) is 0 Å². The molecular formula is C21H28O2. The van der Waals surface area contributed by atoms with E-state index in [9.17, 15) is 0 Å². The summed E-state index contributed by atoms with van der Waals surface area (Å²) in [5.41, 5.74) is 3.89. The van der Waals surface area contributed by atoms with Crippen molar-refractivity contribution in [1.82, 2.24) is 0 Å². The van der Waals surface area contributed by atoms with Crippen molar-refractivity contribution in [2.45, 2.75) is 46.0 Å². The number of benzene rings is 2. The molecule has 0 bridgehead atoms. The average Bonchev–Trinajstić information content (AvgIpc) is 2.55. The lowest BCUT2D eigenvalue weighted by atomic mass is 9.90. The van der Waals surface area contributed by atoms with Gasteiger partial charge in [0.1, 0.15) is 11.5 Å². The van der Waals surface area contributed by atoms with Crippen LogP contribution in [0.15, 0.2) is 42.5 Å². The van der Waals surface area contributed by atoms with Gasteiger partial charge in [-0.15, -0.1) is 0 Å². The largest absolute Gasteiger partial charge is 0.496 e. The Labute approximate surface area is 140 Å². The Kier molecular flexibility index (Phi) is 6.09. The molecule has 1 atom stereocenters. The molecule has 2 aromatic rings. The van der Waals surface area contributed by atoms with Crippen LogP contribution in [0.1, 0.15) is 56.2 Å². The Hall–Kier alpha value is -1.96. The Morgan fingerprint density at radius 1 is 0.913 bits per heavy atom. The van der Waals surface area contributed by atoms with E-state index in [1.807, 2.05) is 13.0 Å². The summed E-state index contributed by atoms with van der Waals surface area (Å²) in [5.74, 6) is 2.84. The molecule has 0 aliphatic carbocycles. The number of para-hydroxylation sites is 1. The average molecular weight is 312 g/mol. The number of ether oxygens (including phenoxy) is 2. The molecule has 0 spiro atoms. The standard InChI is InChI=1S/C21H28O2/c1-6-23-21-10-8-7-9-18(21)16(4)13-17-11-12-20(22-5)19(14-17)15(2)3/h7-12,14-16H,6,13H2,1-5H3. The molecule has 0 aromatic heterocycles. The van der Waals surface area contributed by atoms with E-state index in [0.29, 0.717) is 18.4 Å². The van der Waals surface area contributed by atoms with E-state index in [2.05, 4.69) is 57.2 Å². The second-order valence-electron chi connectivity index (χ2n) is 6.31. The van der Waals surface area contributed by atoms with Gasteiger partial charge < -0.3 is 9.47 Å². The zero-order valence-electron chi connectivity index (χ0n) is 14.9. The predicted octanol–water partition coefficient (Wildman–Crippen LogP) is 5.56. The SMILES string of the molecule is CCOc1ccccc1C(C)Cc1ccc(OC)c(C(C)C)c1. The third kappa shape index (κ3) is 4.28. The van der Waals surface area contributed by atoms with Gasteiger partial charge in [-0.05, 0) is 54.0 Å². The van der Waals surface area contributed by atoms with Crippen molar-refractivity contribution < 1.29 is 9.47 Å². The lowest BCUT2D eigenvalue weighted by molar-refractivity contribution is 0.334. The van der Waals surface area contributed by atoms with Crippen LogP contribution in [-0.2, 0) is 6.42 Å². The van der Waals surface area contributed by atoms with Gasteiger partial charge in [0.25, 0.3) is 0 Å². The number of hydrogen-bond donors (Lipinski definition) is 0. The molecule has 124 valence electrons. The molecule has 0 aliphatic heterocycles. The van der Waals surface area contributed by atoms with Crippen LogP contribution >= 0.6 is 0 Å². The van der Waals surface area contributed by atoms with Crippen molar-refractivity contribution >= 4 is 0 Å². The molecule has 0 N–H and O–H groups in total. The fourth-order valence-electron chi connectivity index (χ4n) is 3.00. The predicted molar refractivity (Wildman–Crippen MR) is 96.8 cm³/mol. The van der Waals surface area contributed by atoms with Gasteiger partial charge in [-0.25, -0.2) is 0 Å². The molecule has 0 amide bonds. The summed E-state index contributed by atoms with van der Waals surface area (Å²) in [6.45, 7) is 9.39. The maximum atomic E-state index is 5.77. The molecular weight excluding hydrogens is 284 g/mol. The molecule has 2 aromatic carbocycles. The van der Waals surface area contributed by atoms with E-state index >= 15 is 0 Å². The highest BCUT2D eigenvalue weighted by Crippen LogP contribution is 2.32. The van der Waals surface area contributed by atoms with E-state index in [1.54, 1.807) is 7.11 Å². The highest BCUT2D eigenvalue weighted by Gasteiger charge is 2.14. The molecule has 1 unspecified atom stereocenters. The molecule has 23 heavy (non-hydrogen) atoms. The van der Waals surface area contributed by atoms with Crippen molar-refractivity contribution in [2.24, 2.45) is 0 Å². The normalized spacial score (nSPS) is 12.3. The van der Waals surface area contributed by atoms with Gasteiger partial charge in [0.05, 0.1) is 13.7 Å². The Bertz CT molecular complexity index is 631. The first-order valence-corrected chi connectivity index (χ1v) is 8.45. The molecule has 2 nitrogen and oxygen atoms in total. The molecule has 0 fully saturated rings. The summed E-state index contributed by atoms with van der Waals surface area (Å²) in [5, 5.41) is 0. The van der Waals surface area contributed by atoms with Crippen LogP contribution in [0.3, 0.4) is 0 Å². The van der Waals surface area contributed by atoms with Gasteiger partial charge >= 0.3 is 0 Å². The van der Waals surface area contributed by atoms with Crippen LogP contribution in [0.5, 0.6) is 11.5 Å². The number of methoxy groups -OCH3 is 1. The van der Waals surface area contributed by atoms with Crippen molar-refractivity contribution in [1.29, 1.82) is 0 Å². The summed E-state index contributed by atoms with van der Waals surface area (Å²) in [7, 11) is 1.74. The third-order valence-electron chi connectivity index (χ3n) is 4.21. The zero-order chi connectivity index (χ0) is 16.8. The van der Waals surface area contributed by atoms with Gasteiger partial charge in [-0.1, -0.05) is 51.1 Å². The molecule has 0 aliphatic rings. The number of rotatable bonds is 7. The minimum Gasteiger partial charge on any atom is -0.496 e. The summed E-state index contributed by atoms with van der Waals surface area (Å²) in [6, 6.07) is 14.9. The maximum absolute atomic E-state index is 5.77. The lowest BCUT2D eigenvalue weighted by Crippen LogP contribution is -2.04. The van der Waals surface area contributed by atoms with Crippen LogP contribution in [0.4, 0.5) is 0 Å².